The van der Waals surface area contributed by atoms with Crippen molar-refractivity contribution in [1.82, 2.24) is 10.6 Å². The molecule has 1 aromatic carbocycles. The molecule has 5 nitrogen and oxygen atoms in total. The van der Waals surface area contributed by atoms with Crippen LogP contribution in [-0.2, 0) is 11.3 Å². The van der Waals surface area contributed by atoms with Crippen molar-refractivity contribution in [2.75, 3.05) is 27.3 Å². The molecule has 21 heavy (non-hydrogen) atoms. The first kappa shape index (κ1) is 17.3. The summed E-state index contributed by atoms with van der Waals surface area (Å²) < 4.78 is 11.0. The molecule has 1 rings (SSSR count). The number of guanidine groups is 1. The van der Waals surface area contributed by atoms with Crippen molar-refractivity contribution in [2.24, 2.45) is 4.99 Å². The Kier molecular flexibility index (Phi) is 7.02. The van der Waals surface area contributed by atoms with E-state index in [-0.39, 0.29) is 5.54 Å². The Morgan fingerprint density at radius 3 is 2.57 bits per heavy atom. The summed E-state index contributed by atoms with van der Waals surface area (Å²) in [5, 5.41) is 6.52. The van der Waals surface area contributed by atoms with Gasteiger partial charge in [-0.3, -0.25) is 4.99 Å². The number of aliphatic imine (C=N–C) groups is 1. The van der Waals surface area contributed by atoms with E-state index in [0.717, 1.165) is 17.3 Å². The number of para-hydroxylation sites is 1. The molecule has 0 amide bonds. The van der Waals surface area contributed by atoms with E-state index in [1.165, 1.54) is 0 Å². The highest BCUT2D eigenvalue weighted by atomic mass is 16.5. The predicted octanol–water partition coefficient (Wildman–Crippen LogP) is 2.18. The molecular formula is C16H27N3O2. The molecule has 2 N–H and O–H groups in total. The van der Waals surface area contributed by atoms with Gasteiger partial charge in [0, 0.05) is 24.7 Å². The third-order valence-electron chi connectivity index (χ3n) is 2.71. The lowest BCUT2D eigenvalue weighted by atomic mass is 10.1. The minimum Gasteiger partial charge on any atom is -0.496 e. The van der Waals surface area contributed by atoms with E-state index in [1.807, 2.05) is 24.3 Å². The number of hydrogen-bond donors (Lipinski definition) is 2. The van der Waals surface area contributed by atoms with Crippen LogP contribution in [0, 0.1) is 0 Å². The van der Waals surface area contributed by atoms with Gasteiger partial charge in [0.2, 0.25) is 0 Å². The Labute approximate surface area is 127 Å². The van der Waals surface area contributed by atoms with Gasteiger partial charge in [0.1, 0.15) is 5.75 Å². The molecule has 1 aromatic rings. The van der Waals surface area contributed by atoms with Crippen molar-refractivity contribution in [1.29, 1.82) is 0 Å². The maximum atomic E-state index is 5.66. The van der Waals surface area contributed by atoms with E-state index in [9.17, 15) is 0 Å². The highest BCUT2D eigenvalue weighted by molar-refractivity contribution is 5.80. The maximum absolute atomic E-state index is 5.66. The van der Waals surface area contributed by atoms with E-state index in [1.54, 1.807) is 14.2 Å². The third-order valence-corrected chi connectivity index (χ3v) is 2.71. The predicted molar refractivity (Wildman–Crippen MR) is 86.9 cm³/mol. The molecule has 0 aliphatic heterocycles. The lowest BCUT2D eigenvalue weighted by molar-refractivity contribution is 0.123. The van der Waals surface area contributed by atoms with Crippen molar-refractivity contribution in [3.05, 3.63) is 29.8 Å². The summed E-state index contributed by atoms with van der Waals surface area (Å²) in [5.74, 6) is 1.64. The smallest absolute Gasteiger partial charge is 0.191 e. The van der Waals surface area contributed by atoms with Gasteiger partial charge in [-0.2, -0.15) is 0 Å². The molecule has 0 saturated carbocycles. The fourth-order valence-electron chi connectivity index (χ4n) is 1.78. The van der Waals surface area contributed by atoms with Gasteiger partial charge < -0.3 is 20.1 Å². The number of ether oxygens (including phenoxy) is 2. The summed E-state index contributed by atoms with van der Waals surface area (Å²) in [6.07, 6.45) is 0. The molecule has 0 aromatic heterocycles. The van der Waals surface area contributed by atoms with Crippen LogP contribution in [-0.4, -0.2) is 38.8 Å². The molecule has 0 spiro atoms. The van der Waals surface area contributed by atoms with Crippen LogP contribution in [0.15, 0.2) is 29.3 Å². The minimum atomic E-state index is -0.0138. The van der Waals surface area contributed by atoms with Crippen molar-refractivity contribution in [3.63, 3.8) is 0 Å². The highest BCUT2D eigenvalue weighted by Gasteiger charge is 2.11. The van der Waals surface area contributed by atoms with Crippen LogP contribution in [0.1, 0.15) is 26.3 Å². The Bertz CT molecular complexity index is 453. The summed E-state index contributed by atoms with van der Waals surface area (Å²) in [4.78, 5) is 4.18. The second-order valence-corrected chi connectivity index (χ2v) is 5.74. The molecule has 0 radical (unpaired) electrons. The largest absolute Gasteiger partial charge is 0.496 e. The Hall–Kier alpha value is -1.75. The Morgan fingerprint density at radius 1 is 1.24 bits per heavy atom. The number of benzene rings is 1. The summed E-state index contributed by atoms with van der Waals surface area (Å²) in [6, 6.07) is 7.87. The minimum absolute atomic E-state index is 0.0138. The Morgan fingerprint density at radius 2 is 1.95 bits per heavy atom. The van der Waals surface area contributed by atoms with Gasteiger partial charge in [0.25, 0.3) is 0 Å². The van der Waals surface area contributed by atoms with Gasteiger partial charge in [-0.25, -0.2) is 0 Å². The monoisotopic (exact) mass is 293 g/mol. The molecule has 0 saturated heterocycles. The average molecular weight is 293 g/mol. The molecule has 5 heteroatoms. The number of rotatable bonds is 6. The standard InChI is InChI=1S/C16H27N3O2/c1-16(2,3)19-15(17-4)18-10-11-21-12-13-8-6-7-9-14(13)20-5/h6-9H,10-12H2,1-5H3,(H2,17,18,19). The van der Waals surface area contributed by atoms with Gasteiger partial charge in [0.15, 0.2) is 5.96 Å². The van der Waals surface area contributed by atoms with E-state index in [2.05, 4.69) is 36.4 Å². The zero-order chi connectivity index (χ0) is 15.7. The quantitative estimate of drug-likeness (QED) is 0.479. The molecule has 0 fully saturated rings. The van der Waals surface area contributed by atoms with Crippen molar-refractivity contribution in [3.8, 4) is 5.75 Å². The van der Waals surface area contributed by atoms with E-state index in [0.29, 0.717) is 19.8 Å². The molecule has 0 atom stereocenters. The van der Waals surface area contributed by atoms with Crippen LogP contribution in [0.2, 0.25) is 0 Å². The van der Waals surface area contributed by atoms with Gasteiger partial charge in [-0.15, -0.1) is 0 Å². The van der Waals surface area contributed by atoms with Crippen LogP contribution < -0.4 is 15.4 Å². The number of hydrogen-bond acceptors (Lipinski definition) is 3. The molecule has 0 aliphatic carbocycles. The topological polar surface area (TPSA) is 54.9 Å². The molecular weight excluding hydrogens is 266 g/mol. The summed E-state index contributed by atoms with van der Waals surface area (Å²) >= 11 is 0. The second kappa shape index (κ2) is 8.52. The lowest BCUT2D eigenvalue weighted by Crippen LogP contribution is -2.48. The van der Waals surface area contributed by atoms with Crippen LogP contribution in [0.4, 0.5) is 0 Å². The normalized spacial score (nSPS) is 12.1. The van der Waals surface area contributed by atoms with Crippen LogP contribution in [0.25, 0.3) is 0 Å². The van der Waals surface area contributed by atoms with Crippen LogP contribution in [0.3, 0.4) is 0 Å². The first-order valence-electron chi connectivity index (χ1n) is 7.15. The van der Waals surface area contributed by atoms with Crippen molar-refractivity contribution >= 4 is 5.96 Å². The SMILES string of the molecule is CN=C(NCCOCc1ccccc1OC)NC(C)(C)C. The molecule has 0 bridgehead atoms. The summed E-state index contributed by atoms with van der Waals surface area (Å²) in [7, 11) is 3.43. The van der Waals surface area contributed by atoms with Crippen LogP contribution >= 0.6 is 0 Å². The summed E-state index contributed by atoms with van der Waals surface area (Å²) in [5.41, 5.74) is 1.04. The Balaban J connectivity index is 2.28. The fraction of sp³-hybridized carbons (Fsp3) is 0.562. The molecule has 118 valence electrons. The maximum Gasteiger partial charge on any atom is 0.191 e. The van der Waals surface area contributed by atoms with E-state index in [4.69, 9.17) is 9.47 Å². The fourth-order valence-corrected chi connectivity index (χ4v) is 1.78. The molecule has 0 unspecified atom stereocenters. The second-order valence-electron chi connectivity index (χ2n) is 5.74. The van der Waals surface area contributed by atoms with Gasteiger partial charge in [0.05, 0.1) is 20.3 Å². The number of nitrogens with zero attached hydrogens (tertiary/aromatic N) is 1. The zero-order valence-electron chi connectivity index (χ0n) is 13.7. The van der Waals surface area contributed by atoms with Gasteiger partial charge in [-0.05, 0) is 26.8 Å². The number of methoxy groups -OCH3 is 1. The highest BCUT2D eigenvalue weighted by Crippen LogP contribution is 2.17. The van der Waals surface area contributed by atoms with Gasteiger partial charge in [-0.1, -0.05) is 18.2 Å². The van der Waals surface area contributed by atoms with Crippen molar-refractivity contribution in [2.45, 2.75) is 32.9 Å². The van der Waals surface area contributed by atoms with Gasteiger partial charge >= 0.3 is 0 Å². The molecule has 0 aliphatic rings. The first-order chi connectivity index (χ1) is 9.96. The summed E-state index contributed by atoms with van der Waals surface area (Å²) in [6.45, 7) is 8.12. The average Bonchev–Trinajstić information content (AvgIpc) is 2.44. The molecule has 0 heterocycles. The van der Waals surface area contributed by atoms with E-state index >= 15 is 0 Å². The van der Waals surface area contributed by atoms with Crippen molar-refractivity contribution < 1.29 is 9.47 Å². The first-order valence-corrected chi connectivity index (χ1v) is 7.15. The lowest BCUT2D eigenvalue weighted by Gasteiger charge is -2.23. The van der Waals surface area contributed by atoms with E-state index < -0.39 is 0 Å². The number of nitrogens with one attached hydrogen (secondary N) is 2. The zero-order valence-corrected chi connectivity index (χ0v) is 13.7. The third kappa shape index (κ3) is 6.99. The van der Waals surface area contributed by atoms with Crippen LogP contribution in [0.5, 0.6) is 5.75 Å².